The molecule has 0 bridgehead atoms. The van der Waals surface area contributed by atoms with E-state index in [1.54, 1.807) is 0 Å². The molecule has 0 atom stereocenters. The maximum atomic E-state index is 4.92. The summed E-state index contributed by atoms with van der Waals surface area (Å²) in [6, 6.07) is 59.5. The predicted octanol–water partition coefficient (Wildman–Crippen LogP) is 12.0. The molecular formula is C45H32N2. The Balaban J connectivity index is 1.31. The van der Waals surface area contributed by atoms with Crippen LogP contribution in [0.5, 0.6) is 0 Å². The highest BCUT2D eigenvalue weighted by atomic mass is 15.1. The largest absolute Gasteiger partial charge is 0.296 e. The van der Waals surface area contributed by atoms with Crippen molar-refractivity contribution < 1.29 is 0 Å². The van der Waals surface area contributed by atoms with E-state index in [4.69, 9.17) is 4.98 Å². The molecule has 0 aliphatic rings. The summed E-state index contributed by atoms with van der Waals surface area (Å²) >= 11 is 0. The summed E-state index contributed by atoms with van der Waals surface area (Å²) in [5, 5.41) is 7.55. The molecule has 0 fully saturated rings. The van der Waals surface area contributed by atoms with Gasteiger partial charge in [-0.25, -0.2) is 4.98 Å². The Morgan fingerprint density at radius 1 is 0.468 bits per heavy atom. The molecule has 222 valence electrons. The van der Waals surface area contributed by atoms with Crippen molar-refractivity contribution in [1.29, 1.82) is 0 Å². The summed E-state index contributed by atoms with van der Waals surface area (Å²) in [5.74, 6) is 1.07. The second kappa shape index (κ2) is 11.1. The second-order valence-electron chi connectivity index (χ2n) is 12.2. The number of fused-ring (bicyclic) bond motifs is 4. The molecule has 2 heteroatoms. The standard InChI is InChI=1S/C45H32N2/c1-2-43-46-41-21-10-11-22-42(41)47(43)34-26-23-32(24-27-34)44-37-18-8-9-19-38(37)45(31-14-4-3-5-15-31)40-29-33(25-28-39(40)44)36-20-12-16-30-13-6-7-17-35(30)36/h3-29H,2H2,1H3. The molecule has 0 aliphatic carbocycles. The van der Waals surface area contributed by atoms with Gasteiger partial charge in [-0.15, -0.1) is 0 Å². The predicted molar refractivity (Wildman–Crippen MR) is 199 cm³/mol. The first-order valence-corrected chi connectivity index (χ1v) is 16.4. The molecule has 8 aromatic carbocycles. The molecule has 0 amide bonds. The zero-order valence-electron chi connectivity index (χ0n) is 26.2. The summed E-state index contributed by atoms with van der Waals surface area (Å²) in [6.07, 6.45) is 0.867. The van der Waals surface area contributed by atoms with Crippen LogP contribution in [0.1, 0.15) is 12.7 Å². The minimum absolute atomic E-state index is 0.867. The average Bonchev–Trinajstić information content (AvgIpc) is 3.52. The van der Waals surface area contributed by atoms with Crippen molar-refractivity contribution >= 4 is 43.4 Å². The number of rotatable bonds is 5. The van der Waals surface area contributed by atoms with Gasteiger partial charge in [0.1, 0.15) is 5.82 Å². The fourth-order valence-electron chi connectivity index (χ4n) is 7.43. The highest BCUT2D eigenvalue weighted by Crippen LogP contribution is 2.45. The quantitative estimate of drug-likeness (QED) is 0.180. The van der Waals surface area contributed by atoms with Crippen LogP contribution in [0.4, 0.5) is 0 Å². The zero-order chi connectivity index (χ0) is 31.3. The SMILES string of the molecule is CCc1nc2ccccc2n1-c1ccc(-c2c3ccccc3c(-c3ccccc3)c3cc(-c4cccc5ccccc45)ccc23)cc1. The number of aromatic nitrogens is 2. The molecule has 0 saturated carbocycles. The molecule has 0 radical (unpaired) electrons. The van der Waals surface area contributed by atoms with Crippen LogP contribution in [0.3, 0.4) is 0 Å². The summed E-state index contributed by atoms with van der Waals surface area (Å²) < 4.78 is 2.30. The Morgan fingerprint density at radius 3 is 1.85 bits per heavy atom. The van der Waals surface area contributed by atoms with Crippen molar-refractivity contribution in [3.63, 3.8) is 0 Å². The Morgan fingerprint density at radius 2 is 1.06 bits per heavy atom. The third-order valence-corrected chi connectivity index (χ3v) is 9.55. The van der Waals surface area contributed by atoms with E-state index in [-0.39, 0.29) is 0 Å². The van der Waals surface area contributed by atoms with E-state index >= 15 is 0 Å². The molecule has 47 heavy (non-hydrogen) atoms. The number of imidazole rings is 1. The lowest BCUT2D eigenvalue weighted by Gasteiger charge is -2.19. The van der Waals surface area contributed by atoms with Crippen LogP contribution in [0.2, 0.25) is 0 Å². The molecule has 0 N–H and O–H groups in total. The number of nitrogens with zero attached hydrogens (tertiary/aromatic N) is 2. The van der Waals surface area contributed by atoms with Crippen molar-refractivity contribution in [3.05, 3.63) is 170 Å². The van der Waals surface area contributed by atoms with Crippen molar-refractivity contribution in [3.8, 4) is 39.1 Å². The fraction of sp³-hybridized carbons (Fsp3) is 0.0444. The molecule has 0 aliphatic heterocycles. The van der Waals surface area contributed by atoms with Crippen LogP contribution in [-0.4, -0.2) is 9.55 Å². The van der Waals surface area contributed by atoms with E-state index in [9.17, 15) is 0 Å². The van der Waals surface area contributed by atoms with E-state index in [0.717, 1.165) is 29.0 Å². The number of aryl methyl sites for hydroxylation is 1. The minimum atomic E-state index is 0.867. The van der Waals surface area contributed by atoms with Gasteiger partial charge >= 0.3 is 0 Å². The Labute approximate surface area is 274 Å². The van der Waals surface area contributed by atoms with Crippen LogP contribution in [-0.2, 0) is 6.42 Å². The zero-order valence-corrected chi connectivity index (χ0v) is 26.2. The van der Waals surface area contributed by atoms with Crippen LogP contribution in [0, 0.1) is 0 Å². The van der Waals surface area contributed by atoms with Gasteiger partial charge in [0, 0.05) is 12.1 Å². The maximum Gasteiger partial charge on any atom is 0.114 e. The average molecular weight is 601 g/mol. The number of para-hydroxylation sites is 2. The van der Waals surface area contributed by atoms with Crippen molar-refractivity contribution in [2.24, 2.45) is 0 Å². The molecule has 0 spiro atoms. The van der Waals surface area contributed by atoms with Crippen LogP contribution in [0.25, 0.3) is 82.4 Å². The van der Waals surface area contributed by atoms with E-state index in [2.05, 4.69) is 175 Å². The first kappa shape index (κ1) is 27.3. The highest BCUT2D eigenvalue weighted by Gasteiger charge is 2.18. The summed E-state index contributed by atoms with van der Waals surface area (Å²) in [5.41, 5.74) is 10.7. The van der Waals surface area contributed by atoms with Crippen molar-refractivity contribution in [1.82, 2.24) is 9.55 Å². The van der Waals surface area contributed by atoms with Gasteiger partial charge in [0.15, 0.2) is 0 Å². The van der Waals surface area contributed by atoms with Gasteiger partial charge in [-0.3, -0.25) is 4.57 Å². The Bertz CT molecular complexity index is 2590. The molecule has 9 rings (SSSR count). The van der Waals surface area contributed by atoms with Crippen LogP contribution < -0.4 is 0 Å². The molecule has 9 aromatic rings. The Kier molecular flexibility index (Phi) is 6.46. The molecule has 0 unspecified atom stereocenters. The van der Waals surface area contributed by atoms with Gasteiger partial charge in [-0.2, -0.15) is 0 Å². The monoisotopic (exact) mass is 600 g/mol. The lowest BCUT2D eigenvalue weighted by molar-refractivity contribution is 0.908. The molecule has 1 aromatic heterocycles. The van der Waals surface area contributed by atoms with E-state index < -0.39 is 0 Å². The molecular weight excluding hydrogens is 569 g/mol. The van der Waals surface area contributed by atoms with Gasteiger partial charge in [0.25, 0.3) is 0 Å². The number of hydrogen-bond acceptors (Lipinski definition) is 1. The summed E-state index contributed by atoms with van der Waals surface area (Å²) in [6.45, 7) is 2.17. The third-order valence-electron chi connectivity index (χ3n) is 9.55. The number of hydrogen-bond donors (Lipinski definition) is 0. The first-order valence-electron chi connectivity index (χ1n) is 16.4. The smallest absolute Gasteiger partial charge is 0.114 e. The summed E-state index contributed by atoms with van der Waals surface area (Å²) in [7, 11) is 0. The topological polar surface area (TPSA) is 17.8 Å². The minimum Gasteiger partial charge on any atom is -0.296 e. The van der Waals surface area contributed by atoms with E-state index in [1.165, 1.54) is 65.7 Å². The van der Waals surface area contributed by atoms with Gasteiger partial charge in [-0.1, -0.05) is 140 Å². The number of benzene rings is 8. The van der Waals surface area contributed by atoms with Crippen molar-refractivity contribution in [2.75, 3.05) is 0 Å². The summed E-state index contributed by atoms with van der Waals surface area (Å²) in [4.78, 5) is 4.92. The molecule has 1 heterocycles. The first-order chi connectivity index (χ1) is 23.3. The van der Waals surface area contributed by atoms with Crippen LogP contribution in [0.15, 0.2) is 164 Å². The van der Waals surface area contributed by atoms with Gasteiger partial charge < -0.3 is 0 Å². The lowest BCUT2D eigenvalue weighted by atomic mass is 9.84. The van der Waals surface area contributed by atoms with Gasteiger partial charge in [-0.05, 0) is 96.0 Å². The normalized spacial score (nSPS) is 11.6. The van der Waals surface area contributed by atoms with E-state index in [0.29, 0.717) is 0 Å². The Hall–Kier alpha value is -5.99. The molecule has 2 nitrogen and oxygen atoms in total. The van der Waals surface area contributed by atoms with Gasteiger partial charge in [0.05, 0.1) is 11.0 Å². The highest BCUT2D eigenvalue weighted by molar-refractivity contribution is 6.22. The second-order valence-corrected chi connectivity index (χ2v) is 12.2. The van der Waals surface area contributed by atoms with Crippen molar-refractivity contribution in [2.45, 2.75) is 13.3 Å². The fourth-order valence-corrected chi connectivity index (χ4v) is 7.43. The maximum absolute atomic E-state index is 4.92. The lowest BCUT2D eigenvalue weighted by Crippen LogP contribution is -2.00. The van der Waals surface area contributed by atoms with Gasteiger partial charge in [0.2, 0.25) is 0 Å². The third kappa shape index (κ3) is 4.45. The van der Waals surface area contributed by atoms with Crippen LogP contribution >= 0.6 is 0 Å². The molecule has 0 saturated heterocycles. The van der Waals surface area contributed by atoms with E-state index in [1.807, 2.05) is 0 Å².